The summed E-state index contributed by atoms with van der Waals surface area (Å²) < 4.78 is 22.3. The molecule has 1 N–H and O–H groups in total. The molecule has 0 bridgehead atoms. The number of Topliss-reactive ketones (excluding diaryl/α,β-unsaturated/α-hetero) is 1. The van der Waals surface area contributed by atoms with Crippen molar-refractivity contribution in [1.82, 2.24) is 0 Å². The third-order valence-corrected chi connectivity index (χ3v) is 9.24. The summed E-state index contributed by atoms with van der Waals surface area (Å²) in [5.41, 5.74) is -6.22. The van der Waals surface area contributed by atoms with E-state index in [1.165, 1.54) is 18.2 Å². The molecule has 0 aromatic heterocycles. The van der Waals surface area contributed by atoms with Crippen LogP contribution in [0.4, 0.5) is 4.39 Å². The van der Waals surface area contributed by atoms with Crippen molar-refractivity contribution in [2.45, 2.75) is 70.8 Å². The molecule has 4 aliphatic rings. The number of allylic oxidation sites excluding steroid dienone is 4. The van der Waals surface area contributed by atoms with Gasteiger partial charge in [-0.1, -0.05) is 25.5 Å². The highest BCUT2D eigenvalue weighted by Crippen LogP contribution is 2.71. The topological polar surface area (TPSA) is 133 Å². The third-order valence-electron chi connectivity index (χ3n) is 9.24. The van der Waals surface area contributed by atoms with Crippen LogP contribution in [0.2, 0.25) is 0 Å². The Hall–Kier alpha value is -2.62. The maximum Gasteiger partial charge on any atom is 0.303 e. The van der Waals surface area contributed by atoms with Crippen LogP contribution in [0.3, 0.4) is 0 Å². The van der Waals surface area contributed by atoms with Crippen molar-refractivity contribution in [3.8, 4) is 0 Å². The van der Waals surface area contributed by atoms with Gasteiger partial charge in [-0.15, -0.1) is 10.1 Å². The molecule has 3 fully saturated rings. The van der Waals surface area contributed by atoms with Gasteiger partial charge in [0.15, 0.2) is 18.1 Å². The molecule has 34 heavy (non-hydrogen) atoms. The summed E-state index contributed by atoms with van der Waals surface area (Å²) in [6.45, 7) is 5.48. The number of esters is 1. The van der Waals surface area contributed by atoms with E-state index < -0.39 is 69.4 Å². The van der Waals surface area contributed by atoms with Gasteiger partial charge < -0.3 is 14.7 Å². The number of aliphatic hydroxyl groups is 1. The molecule has 10 heteroatoms. The Labute approximate surface area is 196 Å². The van der Waals surface area contributed by atoms with Gasteiger partial charge in [-0.25, -0.2) is 4.39 Å². The fourth-order valence-electron chi connectivity index (χ4n) is 7.60. The molecule has 0 saturated heterocycles. The van der Waals surface area contributed by atoms with Crippen LogP contribution in [0, 0.1) is 38.7 Å². The molecular formula is C24H30FNO8. The van der Waals surface area contributed by atoms with Crippen LogP contribution in [0.5, 0.6) is 0 Å². The lowest BCUT2D eigenvalue weighted by molar-refractivity contribution is -0.775. The standard InChI is InChI=1S/C24H30FNO8/c1-13-9-18-17-6-5-15-10-16(28)7-8-21(15,3)23(17,25)20(34-26(31)32)11-22(18,4)24(13,30)19(29)12-33-14(2)27/h7-8,10,13,17-18,20,30H,5-6,9,11-12H2,1-4H3/t13-,17+,18+,20+,21+,22+,23+,24+/m1/s1. The summed E-state index contributed by atoms with van der Waals surface area (Å²) >= 11 is 0. The average Bonchev–Trinajstić information content (AvgIpc) is 2.94. The van der Waals surface area contributed by atoms with Crippen molar-refractivity contribution in [2.75, 3.05) is 6.61 Å². The SMILES string of the molecule is CC(=O)OCC(=O)[C@@]1(O)[C@H](C)C[C@H]2[C@@H]3CCC4=CC(=O)C=C[C@]4(C)[C@@]3(F)[C@@H](O[N+](=O)[O-])C[C@@]21C. The van der Waals surface area contributed by atoms with Crippen LogP contribution in [-0.2, 0) is 24.0 Å². The Kier molecular flexibility index (Phi) is 5.54. The van der Waals surface area contributed by atoms with Gasteiger partial charge in [0.1, 0.15) is 11.7 Å². The Morgan fingerprint density at radius 1 is 1.32 bits per heavy atom. The Morgan fingerprint density at radius 3 is 2.62 bits per heavy atom. The molecule has 8 atom stereocenters. The molecule has 0 spiro atoms. The van der Waals surface area contributed by atoms with Crippen molar-refractivity contribution >= 4 is 17.5 Å². The van der Waals surface area contributed by atoms with E-state index in [-0.39, 0.29) is 18.6 Å². The van der Waals surface area contributed by atoms with Gasteiger partial charge in [0.2, 0.25) is 5.78 Å². The predicted octanol–water partition coefficient (Wildman–Crippen LogP) is 2.68. The number of halogens is 1. The van der Waals surface area contributed by atoms with Crippen molar-refractivity contribution in [1.29, 1.82) is 0 Å². The molecule has 3 saturated carbocycles. The van der Waals surface area contributed by atoms with E-state index in [4.69, 9.17) is 9.57 Å². The van der Waals surface area contributed by atoms with Gasteiger partial charge in [-0.05, 0) is 56.6 Å². The van der Waals surface area contributed by atoms with Crippen LogP contribution in [-0.4, -0.2) is 51.7 Å². The fourth-order valence-corrected chi connectivity index (χ4v) is 7.60. The Bertz CT molecular complexity index is 1020. The summed E-state index contributed by atoms with van der Waals surface area (Å²) in [5.74, 6) is -3.51. The number of carbonyl (C=O) groups excluding carboxylic acids is 3. The zero-order valence-corrected chi connectivity index (χ0v) is 19.7. The minimum absolute atomic E-state index is 0.262. The molecule has 9 nitrogen and oxygen atoms in total. The molecule has 4 aliphatic carbocycles. The second-order valence-corrected chi connectivity index (χ2v) is 10.7. The van der Waals surface area contributed by atoms with Crippen LogP contribution < -0.4 is 0 Å². The second kappa shape index (κ2) is 7.69. The number of carbonyl (C=O) groups is 3. The van der Waals surface area contributed by atoms with E-state index in [1.807, 2.05) is 0 Å². The number of hydrogen-bond acceptors (Lipinski definition) is 8. The van der Waals surface area contributed by atoms with Crippen molar-refractivity contribution < 1.29 is 38.5 Å². The van der Waals surface area contributed by atoms with Crippen LogP contribution in [0.25, 0.3) is 0 Å². The summed E-state index contributed by atoms with van der Waals surface area (Å²) in [6.07, 6.45) is 3.30. The van der Waals surface area contributed by atoms with Crippen LogP contribution in [0.1, 0.15) is 53.4 Å². The first-order chi connectivity index (χ1) is 15.7. The normalized spacial score (nSPS) is 44.9. The summed E-state index contributed by atoms with van der Waals surface area (Å²) in [7, 11) is 0. The minimum Gasteiger partial charge on any atom is -0.458 e. The zero-order valence-electron chi connectivity index (χ0n) is 19.7. The smallest absolute Gasteiger partial charge is 0.303 e. The summed E-state index contributed by atoms with van der Waals surface area (Å²) in [5, 5.41) is 22.2. The number of alkyl halides is 1. The molecule has 0 unspecified atom stereocenters. The first-order valence-electron chi connectivity index (χ1n) is 11.5. The molecule has 186 valence electrons. The molecule has 4 rings (SSSR count). The van der Waals surface area contributed by atoms with Gasteiger partial charge in [0.25, 0.3) is 5.09 Å². The van der Waals surface area contributed by atoms with Gasteiger partial charge in [-0.2, -0.15) is 0 Å². The highest BCUT2D eigenvalue weighted by Gasteiger charge is 2.76. The lowest BCUT2D eigenvalue weighted by Crippen LogP contribution is -2.70. The summed E-state index contributed by atoms with van der Waals surface area (Å²) in [6, 6.07) is 0. The van der Waals surface area contributed by atoms with Crippen molar-refractivity contribution in [2.24, 2.45) is 28.6 Å². The number of fused-ring (bicyclic) bond motifs is 5. The number of ether oxygens (including phenoxy) is 1. The van der Waals surface area contributed by atoms with Gasteiger partial charge in [0, 0.05) is 23.7 Å². The molecule has 0 heterocycles. The highest BCUT2D eigenvalue weighted by molar-refractivity contribution is 6.01. The Balaban J connectivity index is 1.83. The fraction of sp³-hybridized carbons (Fsp3) is 0.708. The molecule has 0 aromatic carbocycles. The van der Waals surface area contributed by atoms with Gasteiger partial charge in [0.05, 0.1) is 0 Å². The largest absolute Gasteiger partial charge is 0.458 e. The number of ketones is 2. The van der Waals surface area contributed by atoms with E-state index in [0.29, 0.717) is 18.4 Å². The van der Waals surface area contributed by atoms with Gasteiger partial charge in [-0.3, -0.25) is 14.4 Å². The quantitative estimate of drug-likeness (QED) is 0.361. The first kappa shape index (κ1) is 24.5. The highest BCUT2D eigenvalue weighted by atomic mass is 19.1. The van der Waals surface area contributed by atoms with E-state index in [1.54, 1.807) is 20.8 Å². The maximum absolute atomic E-state index is 17.5. The van der Waals surface area contributed by atoms with Crippen molar-refractivity contribution in [3.63, 3.8) is 0 Å². The number of hydrogen-bond donors (Lipinski definition) is 1. The first-order valence-corrected chi connectivity index (χ1v) is 11.5. The lowest BCUT2D eigenvalue weighted by Gasteiger charge is -2.62. The Morgan fingerprint density at radius 2 is 2.00 bits per heavy atom. The summed E-state index contributed by atoms with van der Waals surface area (Å²) in [4.78, 5) is 52.9. The molecular weight excluding hydrogens is 449 g/mol. The van der Waals surface area contributed by atoms with E-state index in [9.17, 15) is 29.6 Å². The minimum atomic E-state index is -2.24. The zero-order chi connectivity index (χ0) is 25.3. The molecule has 0 aliphatic heterocycles. The van der Waals surface area contributed by atoms with Gasteiger partial charge >= 0.3 is 5.97 Å². The van der Waals surface area contributed by atoms with Crippen molar-refractivity contribution in [3.05, 3.63) is 33.9 Å². The van der Waals surface area contributed by atoms with E-state index in [0.717, 1.165) is 6.92 Å². The third kappa shape index (κ3) is 3.03. The van der Waals surface area contributed by atoms with Crippen LogP contribution in [0.15, 0.2) is 23.8 Å². The molecule has 0 aromatic rings. The lowest BCUT2D eigenvalue weighted by atomic mass is 9.44. The molecule has 0 radical (unpaired) electrons. The van der Waals surface area contributed by atoms with E-state index in [2.05, 4.69) is 0 Å². The molecule has 0 amide bonds. The van der Waals surface area contributed by atoms with Crippen LogP contribution >= 0.6 is 0 Å². The second-order valence-electron chi connectivity index (χ2n) is 10.7. The monoisotopic (exact) mass is 479 g/mol. The predicted molar refractivity (Wildman–Crippen MR) is 115 cm³/mol. The number of rotatable bonds is 5. The van der Waals surface area contributed by atoms with E-state index >= 15 is 4.39 Å². The number of nitrogens with zero attached hydrogens (tertiary/aromatic N) is 1. The maximum atomic E-state index is 17.5. The average molecular weight is 480 g/mol.